The summed E-state index contributed by atoms with van der Waals surface area (Å²) in [6.07, 6.45) is 0. The molecule has 0 radical (unpaired) electrons. The molecule has 0 aromatic heterocycles. The summed E-state index contributed by atoms with van der Waals surface area (Å²) in [5, 5.41) is 38.2. The van der Waals surface area contributed by atoms with Crippen molar-refractivity contribution in [1.82, 2.24) is 0 Å². The van der Waals surface area contributed by atoms with Crippen molar-refractivity contribution >= 4 is 29.2 Å². The number of aliphatic hydroxyl groups excluding tert-OH is 4. The van der Waals surface area contributed by atoms with E-state index in [1.165, 1.54) is 0 Å². The van der Waals surface area contributed by atoms with Crippen molar-refractivity contribution < 1.29 is 30.3 Å². The van der Waals surface area contributed by atoms with Crippen LogP contribution in [-0.4, -0.2) is 62.8 Å². The molecular weight excluding hydrogens is 239 g/mol. The molecule has 0 aromatic rings. The maximum Gasteiger partial charge on any atom is 0.337 e. The van der Waals surface area contributed by atoms with Crippen LogP contribution in [0, 0.1) is 0 Å². The minimum atomic E-state index is -1.29. The summed E-state index contributed by atoms with van der Waals surface area (Å²) in [5.74, 6) is -1.21. The molecule has 0 aliphatic rings. The topological polar surface area (TPSA) is 118 Å². The van der Waals surface area contributed by atoms with Crippen LogP contribution in [0.3, 0.4) is 0 Å². The Bertz CT molecular complexity index is 102. The molecule has 0 aliphatic carbocycles. The molecular formula is C6H14Cl2O6. The van der Waals surface area contributed by atoms with Gasteiger partial charge in [-0.1, -0.05) is 23.2 Å². The number of hydrogen-bond donors (Lipinski definition) is 5. The van der Waals surface area contributed by atoms with Crippen molar-refractivity contribution in [3.8, 4) is 0 Å². The molecule has 0 heterocycles. The van der Waals surface area contributed by atoms with Crippen LogP contribution in [-0.2, 0) is 4.79 Å². The lowest BCUT2D eigenvalue weighted by Gasteiger charge is -1.84. The number of carboxylic acids is 1. The van der Waals surface area contributed by atoms with E-state index in [2.05, 4.69) is 0 Å². The van der Waals surface area contributed by atoms with Crippen molar-refractivity contribution in [3.05, 3.63) is 0 Å². The summed E-state index contributed by atoms with van der Waals surface area (Å²) in [5.41, 5.74) is 0. The van der Waals surface area contributed by atoms with Crippen LogP contribution in [0.2, 0.25) is 0 Å². The zero-order valence-electron chi connectivity index (χ0n) is 7.31. The van der Waals surface area contributed by atoms with Gasteiger partial charge in [0.2, 0.25) is 4.84 Å². The largest absolute Gasteiger partial charge is 0.479 e. The monoisotopic (exact) mass is 252 g/mol. The lowest BCUT2D eigenvalue weighted by atomic mass is 10.8. The minimum absolute atomic E-state index is 0.125. The van der Waals surface area contributed by atoms with Gasteiger partial charge in [0.1, 0.15) is 0 Å². The molecule has 0 rings (SSSR count). The molecule has 0 saturated carbocycles. The summed E-state index contributed by atoms with van der Waals surface area (Å²) < 4.78 is 0. The first kappa shape index (κ1) is 19.5. The Kier molecular flexibility index (Phi) is 25.9. The molecule has 8 heteroatoms. The van der Waals surface area contributed by atoms with Gasteiger partial charge in [-0.2, -0.15) is 0 Å². The molecule has 5 N–H and O–H groups in total. The molecule has 0 aliphatic heterocycles. The van der Waals surface area contributed by atoms with Gasteiger partial charge < -0.3 is 25.5 Å². The molecule has 14 heavy (non-hydrogen) atoms. The number of alkyl halides is 2. The maximum atomic E-state index is 9.44. The molecule has 0 atom stereocenters. The van der Waals surface area contributed by atoms with Gasteiger partial charge in [0.15, 0.2) is 0 Å². The molecule has 0 spiro atoms. The zero-order valence-corrected chi connectivity index (χ0v) is 8.82. The van der Waals surface area contributed by atoms with Crippen LogP contribution in [0.1, 0.15) is 0 Å². The van der Waals surface area contributed by atoms with Gasteiger partial charge >= 0.3 is 5.97 Å². The van der Waals surface area contributed by atoms with E-state index in [-0.39, 0.29) is 26.4 Å². The lowest BCUT2D eigenvalue weighted by molar-refractivity contribution is -0.135. The summed E-state index contributed by atoms with van der Waals surface area (Å²) in [6.45, 7) is -0.500. The van der Waals surface area contributed by atoms with Gasteiger partial charge in [-0.05, 0) is 0 Å². The highest BCUT2D eigenvalue weighted by Gasteiger charge is 2.05. The SMILES string of the molecule is O=C(O)C(Cl)Cl.OCCO.OCCO. The average molecular weight is 253 g/mol. The average Bonchev–Trinajstić information content (AvgIpc) is 2.18. The third kappa shape index (κ3) is 40.6. The number of carboxylic acid groups (broad SMARTS) is 1. The van der Waals surface area contributed by atoms with Crippen LogP contribution < -0.4 is 0 Å². The second kappa shape index (κ2) is 18.6. The molecule has 0 fully saturated rings. The Morgan fingerprint density at radius 3 is 1.07 bits per heavy atom. The number of aliphatic carboxylic acids is 1. The molecule has 0 bridgehead atoms. The standard InChI is InChI=1S/C2H2Cl2O2.2C2H6O2/c3-1(4)2(5)6;2*3-1-2-4/h1H,(H,5,6);2*3-4H,1-2H2. The van der Waals surface area contributed by atoms with Crippen molar-refractivity contribution in [1.29, 1.82) is 0 Å². The zero-order chi connectivity index (χ0) is 12.0. The van der Waals surface area contributed by atoms with E-state index in [0.717, 1.165) is 0 Å². The second-order valence-electron chi connectivity index (χ2n) is 1.53. The Morgan fingerprint density at radius 2 is 1.07 bits per heavy atom. The molecule has 0 amide bonds. The van der Waals surface area contributed by atoms with Crippen molar-refractivity contribution in [2.24, 2.45) is 0 Å². The third-order valence-corrected chi connectivity index (χ3v) is 0.760. The number of halogens is 2. The smallest absolute Gasteiger partial charge is 0.337 e. The highest BCUT2D eigenvalue weighted by atomic mass is 35.5. The second-order valence-corrected chi connectivity index (χ2v) is 2.63. The fourth-order valence-corrected chi connectivity index (χ4v) is 0. The van der Waals surface area contributed by atoms with Crippen LogP contribution in [0.5, 0.6) is 0 Å². The van der Waals surface area contributed by atoms with Crippen molar-refractivity contribution in [2.45, 2.75) is 4.84 Å². The van der Waals surface area contributed by atoms with E-state index in [9.17, 15) is 4.79 Å². The van der Waals surface area contributed by atoms with Gasteiger partial charge in [-0.25, -0.2) is 4.79 Å². The molecule has 88 valence electrons. The van der Waals surface area contributed by atoms with E-state index in [1.807, 2.05) is 0 Å². The van der Waals surface area contributed by atoms with E-state index in [1.54, 1.807) is 0 Å². The number of carbonyl (C=O) groups is 1. The Labute approximate surface area is 91.3 Å². The van der Waals surface area contributed by atoms with Crippen LogP contribution in [0.25, 0.3) is 0 Å². The predicted molar refractivity (Wildman–Crippen MR) is 51.5 cm³/mol. The van der Waals surface area contributed by atoms with E-state index in [4.69, 9.17) is 48.7 Å². The van der Waals surface area contributed by atoms with E-state index >= 15 is 0 Å². The quantitative estimate of drug-likeness (QED) is 0.404. The molecule has 0 saturated heterocycles. The van der Waals surface area contributed by atoms with Crippen molar-refractivity contribution in [3.63, 3.8) is 0 Å². The predicted octanol–water partition coefficient (Wildman–Crippen LogP) is -1.18. The fraction of sp³-hybridized carbons (Fsp3) is 0.833. The van der Waals surface area contributed by atoms with Crippen LogP contribution >= 0.6 is 23.2 Å². The first-order valence-corrected chi connectivity index (χ1v) is 4.29. The van der Waals surface area contributed by atoms with Gasteiger partial charge in [0, 0.05) is 0 Å². The first-order chi connectivity index (χ1) is 6.47. The number of aliphatic hydroxyl groups is 4. The highest BCUT2D eigenvalue weighted by molar-refractivity contribution is 6.52. The lowest BCUT2D eigenvalue weighted by Crippen LogP contribution is -2.03. The fourth-order valence-electron chi connectivity index (χ4n) is 0. The van der Waals surface area contributed by atoms with E-state index < -0.39 is 10.8 Å². The summed E-state index contributed by atoms with van der Waals surface area (Å²) >= 11 is 9.56. The highest BCUT2D eigenvalue weighted by Crippen LogP contribution is 1.98. The Balaban J connectivity index is -0.000000135. The number of hydrogen-bond acceptors (Lipinski definition) is 5. The molecule has 0 unspecified atom stereocenters. The third-order valence-electron chi connectivity index (χ3n) is 0.387. The minimum Gasteiger partial charge on any atom is -0.479 e. The Hall–Kier alpha value is -0.110. The normalized spacial score (nSPS) is 8.21. The maximum absolute atomic E-state index is 9.44. The van der Waals surface area contributed by atoms with E-state index in [0.29, 0.717) is 0 Å². The molecule has 0 aromatic carbocycles. The molecule has 6 nitrogen and oxygen atoms in total. The van der Waals surface area contributed by atoms with Crippen LogP contribution in [0.4, 0.5) is 0 Å². The van der Waals surface area contributed by atoms with Gasteiger partial charge in [-0.15, -0.1) is 0 Å². The first-order valence-electron chi connectivity index (χ1n) is 3.42. The van der Waals surface area contributed by atoms with Gasteiger partial charge in [0.25, 0.3) is 0 Å². The van der Waals surface area contributed by atoms with Gasteiger partial charge in [0.05, 0.1) is 26.4 Å². The Morgan fingerprint density at radius 1 is 0.929 bits per heavy atom. The summed E-state index contributed by atoms with van der Waals surface area (Å²) in [4.78, 5) is 8.15. The summed E-state index contributed by atoms with van der Waals surface area (Å²) in [7, 11) is 0. The summed E-state index contributed by atoms with van der Waals surface area (Å²) in [6, 6.07) is 0. The van der Waals surface area contributed by atoms with Crippen molar-refractivity contribution in [2.75, 3.05) is 26.4 Å². The number of rotatable bonds is 3. The van der Waals surface area contributed by atoms with Crippen LogP contribution in [0.15, 0.2) is 0 Å². The van der Waals surface area contributed by atoms with Gasteiger partial charge in [-0.3, -0.25) is 0 Å².